The summed E-state index contributed by atoms with van der Waals surface area (Å²) in [6.07, 6.45) is 0. The van der Waals surface area contributed by atoms with E-state index < -0.39 is 0 Å². The number of hydrogen-bond donors (Lipinski definition) is 0. The molecule has 4 aliphatic rings. The van der Waals surface area contributed by atoms with Crippen LogP contribution in [-0.2, 0) is 21.7 Å². The third kappa shape index (κ3) is 10.0. The minimum absolute atomic E-state index is 0.121. The number of rotatable bonds is 8. The summed E-state index contributed by atoms with van der Waals surface area (Å²) in [5, 5.41) is 7.86. The van der Waals surface area contributed by atoms with Gasteiger partial charge in [-0.25, -0.2) is 0 Å². The van der Waals surface area contributed by atoms with Gasteiger partial charge in [-0.15, -0.1) is 0 Å². The fraction of sp³-hybridized carbons (Fsp3) is 0.154. The van der Waals surface area contributed by atoms with Crippen LogP contribution in [0.4, 0.5) is 34.1 Å². The highest BCUT2D eigenvalue weighted by Gasteiger charge is 2.48. The molecular weight excluding hydrogens is 1300 g/mol. The van der Waals surface area contributed by atoms with Crippen molar-refractivity contribution in [1.82, 2.24) is 0 Å². The second kappa shape index (κ2) is 23.9. The predicted octanol–water partition coefficient (Wildman–Crippen LogP) is 24.3. The van der Waals surface area contributed by atoms with E-state index in [9.17, 15) is 0 Å². The van der Waals surface area contributed by atoms with E-state index in [2.05, 4.69) is 396 Å². The topological polar surface area (TPSA) is 6.48 Å². The first-order chi connectivity index (χ1) is 52.2. The van der Waals surface area contributed by atoms with Gasteiger partial charge in [0.15, 0.2) is 0 Å². The van der Waals surface area contributed by atoms with Crippen molar-refractivity contribution in [3.63, 3.8) is 0 Å². The summed E-state index contributed by atoms with van der Waals surface area (Å²) in [5.74, 6) is 0. The summed E-state index contributed by atoms with van der Waals surface area (Å²) in [6.45, 7) is 28.4. The Morgan fingerprint density at radius 3 is 0.815 bits per heavy atom. The highest BCUT2D eigenvalue weighted by Crippen LogP contribution is 2.57. The molecule has 20 rings (SSSR count). The van der Waals surface area contributed by atoms with Gasteiger partial charge in [-0.05, 0) is 248 Å². The highest BCUT2D eigenvalue weighted by atomic mass is 15.2. The SMILES string of the molecule is CC(C)(C)c1ccc2c(c1)N(c1ccccc1)c1cc(C(C)(C)C)cc3c1B2c1cc2c(-c4c(-c5ccccc5)cccc4-c4ccccc4)cc4c5c(cc6c(-c7c(-c8ccccc8)cccc7-c7ccccc7)cc-3c1c6c25)B1c2ccc(C(C)(C)C)cc2N(c2ccccc2)c2cc(C(C)(C)C)cc-4c21. The third-order valence-electron chi connectivity index (χ3n) is 24.4. The Morgan fingerprint density at radius 1 is 0.213 bits per heavy atom. The summed E-state index contributed by atoms with van der Waals surface area (Å²) in [5.41, 5.74) is 39.5. The van der Waals surface area contributed by atoms with Gasteiger partial charge < -0.3 is 9.80 Å². The van der Waals surface area contributed by atoms with Crippen LogP contribution in [0.15, 0.2) is 303 Å². The molecule has 0 bridgehead atoms. The molecule has 0 aliphatic carbocycles. The Labute approximate surface area is 637 Å². The van der Waals surface area contributed by atoms with Crippen LogP contribution in [0.2, 0.25) is 0 Å². The van der Waals surface area contributed by atoms with Gasteiger partial charge in [0.05, 0.1) is 0 Å². The van der Waals surface area contributed by atoms with Crippen LogP contribution in [0.3, 0.4) is 0 Å². The lowest BCUT2D eigenvalue weighted by Crippen LogP contribution is -2.60. The Bertz CT molecular complexity index is 5860. The average molecular weight is 1390 g/mol. The number of para-hydroxylation sites is 2. The fourth-order valence-electron chi connectivity index (χ4n) is 19.1. The zero-order valence-corrected chi connectivity index (χ0v) is 63.9. The Hall–Kier alpha value is -11.7. The normalized spacial score (nSPS) is 13.5. The van der Waals surface area contributed by atoms with Crippen molar-refractivity contribution in [2.45, 2.75) is 105 Å². The van der Waals surface area contributed by atoms with Gasteiger partial charge in [0.1, 0.15) is 0 Å². The summed E-state index contributed by atoms with van der Waals surface area (Å²) in [4.78, 5) is 5.27. The third-order valence-corrected chi connectivity index (χ3v) is 24.4. The first-order valence-electron chi connectivity index (χ1n) is 38.9. The number of benzene rings is 16. The summed E-state index contributed by atoms with van der Waals surface area (Å²) < 4.78 is 0. The minimum Gasteiger partial charge on any atom is -0.311 e. The van der Waals surface area contributed by atoms with E-state index >= 15 is 0 Å². The molecular formula is C104H86B2N2. The Morgan fingerprint density at radius 2 is 0.509 bits per heavy atom. The molecule has 0 amide bonds. The van der Waals surface area contributed by atoms with Gasteiger partial charge in [-0.1, -0.05) is 337 Å². The molecule has 108 heavy (non-hydrogen) atoms. The van der Waals surface area contributed by atoms with Crippen molar-refractivity contribution in [1.29, 1.82) is 0 Å². The molecule has 518 valence electrons. The van der Waals surface area contributed by atoms with Crippen molar-refractivity contribution >= 4 is 113 Å². The monoisotopic (exact) mass is 1380 g/mol. The van der Waals surface area contributed by atoms with Gasteiger partial charge in [-0.3, -0.25) is 0 Å². The molecule has 4 heterocycles. The smallest absolute Gasteiger partial charge is 0.248 e. The largest absolute Gasteiger partial charge is 0.311 e. The maximum Gasteiger partial charge on any atom is 0.248 e. The molecule has 4 heteroatoms. The number of hydrogen-bond acceptors (Lipinski definition) is 2. The van der Waals surface area contributed by atoms with Crippen molar-refractivity contribution in [3.05, 3.63) is 326 Å². The van der Waals surface area contributed by atoms with Gasteiger partial charge in [-0.2, -0.15) is 0 Å². The molecule has 0 spiro atoms. The first-order valence-corrected chi connectivity index (χ1v) is 38.9. The summed E-state index contributed by atoms with van der Waals surface area (Å²) in [6, 6.07) is 118. The molecule has 0 saturated carbocycles. The minimum atomic E-state index is -0.222. The molecule has 0 radical (unpaired) electrons. The maximum absolute atomic E-state index is 2.76. The molecule has 4 aliphatic heterocycles. The average Bonchev–Trinajstić information content (AvgIpc) is 0.661. The van der Waals surface area contributed by atoms with E-state index in [1.54, 1.807) is 0 Å². The van der Waals surface area contributed by atoms with Gasteiger partial charge >= 0.3 is 0 Å². The number of nitrogens with zero attached hydrogens (tertiary/aromatic N) is 2. The number of anilines is 6. The quantitative estimate of drug-likeness (QED) is 0.111. The molecule has 0 N–H and O–H groups in total. The lowest BCUT2D eigenvalue weighted by Gasteiger charge is -2.44. The van der Waals surface area contributed by atoms with Crippen molar-refractivity contribution in [2.24, 2.45) is 0 Å². The highest BCUT2D eigenvalue weighted by molar-refractivity contribution is 7.02. The second-order valence-corrected chi connectivity index (χ2v) is 35.1. The van der Waals surface area contributed by atoms with Crippen LogP contribution in [0.5, 0.6) is 0 Å². The van der Waals surface area contributed by atoms with Crippen LogP contribution in [0.1, 0.15) is 105 Å². The van der Waals surface area contributed by atoms with Crippen LogP contribution < -0.4 is 42.6 Å². The molecule has 16 aromatic carbocycles. The lowest BCUT2D eigenvalue weighted by atomic mass is 9.31. The molecule has 0 unspecified atom stereocenters. The van der Waals surface area contributed by atoms with Gasteiger partial charge in [0, 0.05) is 34.1 Å². The summed E-state index contributed by atoms with van der Waals surface area (Å²) in [7, 11) is 0. The molecule has 0 atom stereocenters. The first kappa shape index (κ1) is 65.8. The van der Waals surface area contributed by atoms with E-state index in [1.807, 2.05) is 0 Å². The summed E-state index contributed by atoms with van der Waals surface area (Å²) >= 11 is 0. The zero-order valence-electron chi connectivity index (χ0n) is 63.9. The van der Waals surface area contributed by atoms with E-state index in [4.69, 9.17) is 0 Å². The molecule has 0 aromatic heterocycles. The van der Waals surface area contributed by atoms with Gasteiger partial charge in [0.25, 0.3) is 0 Å². The van der Waals surface area contributed by atoms with Crippen molar-refractivity contribution < 1.29 is 0 Å². The lowest BCUT2D eigenvalue weighted by molar-refractivity contribution is 0.590. The van der Waals surface area contributed by atoms with Crippen LogP contribution in [-0.4, -0.2) is 13.4 Å². The molecule has 16 aromatic rings. The Kier molecular flexibility index (Phi) is 14.6. The van der Waals surface area contributed by atoms with Crippen molar-refractivity contribution in [3.8, 4) is 89.0 Å². The van der Waals surface area contributed by atoms with Gasteiger partial charge in [0.2, 0.25) is 13.4 Å². The number of fused-ring (bicyclic) bond motifs is 8. The predicted molar refractivity (Wildman–Crippen MR) is 467 cm³/mol. The Balaban J connectivity index is 1.06. The zero-order chi connectivity index (χ0) is 73.6. The van der Waals surface area contributed by atoms with E-state index in [-0.39, 0.29) is 35.1 Å². The van der Waals surface area contributed by atoms with E-state index in [0.29, 0.717) is 0 Å². The van der Waals surface area contributed by atoms with Crippen LogP contribution in [0.25, 0.3) is 121 Å². The van der Waals surface area contributed by atoms with Crippen LogP contribution >= 0.6 is 0 Å². The molecule has 0 fully saturated rings. The molecule has 0 saturated heterocycles. The molecule has 2 nitrogen and oxygen atoms in total. The van der Waals surface area contributed by atoms with Crippen molar-refractivity contribution in [2.75, 3.05) is 9.80 Å². The standard InChI is InChI=1S/C104H86B2N2/c1-101(2,3)67-49-51-85-89(55-67)107(71-41-27-17-28-42-71)91-57-69(103(7,8)9)53-83-79-59-78(94-75(65-37-23-15-24-38-65)47-32-48-76(94)66-39-25-16-26-40-66)82-62-88-96-80(84-54-70(104(10,11)12)58-92-100(84)106(88)86-52-50-68(102(4,5)6)56-90(86)108(92)72-43-29-18-30-44-72)60-77(81-61-87(105(85)99(83)91)95(79)97(82)98(81)96)93-73(63-33-19-13-20-34-63)45-31-46-74(93)64-35-21-14-22-36-64/h13-62H,1-12H3. The van der Waals surface area contributed by atoms with E-state index in [1.165, 1.54) is 199 Å². The fourth-order valence-corrected chi connectivity index (χ4v) is 19.1. The van der Waals surface area contributed by atoms with E-state index in [0.717, 1.165) is 11.4 Å². The maximum atomic E-state index is 2.76. The van der Waals surface area contributed by atoms with Crippen LogP contribution in [0, 0.1) is 0 Å². The second-order valence-electron chi connectivity index (χ2n) is 35.1.